The Hall–Kier alpha value is -1.42. The van der Waals surface area contributed by atoms with Gasteiger partial charge in [0.2, 0.25) is 0 Å². The number of nitrogens with two attached hydrogens (primary N) is 1. The second-order valence-corrected chi connectivity index (χ2v) is 5.03. The van der Waals surface area contributed by atoms with Crippen LogP contribution >= 0.6 is 0 Å². The molecular weight excluding hydrogens is 212 g/mol. The maximum Gasteiger partial charge on any atom is 0.130 e. The Kier molecular flexibility index (Phi) is 2.91. The average molecular weight is 232 g/mol. The van der Waals surface area contributed by atoms with Crippen LogP contribution in [0.5, 0.6) is 0 Å². The molecule has 2 heterocycles. The lowest BCUT2D eigenvalue weighted by atomic mass is 9.99. The van der Waals surface area contributed by atoms with E-state index in [9.17, 15) is 0 Å². The minimum atomic E-state index is -0.400. The topological polar surface area (TPSA) is 56.7 Å². The van der Waals surface area contributed by atoms with Crippen molar-refractivity contribution in [3.63, 3.8) is 0 Å². The van der Waals surface area contributed by atoms with Gasteiger partial charge in [0.25, 0.3) is 0 Å². The molecule has 0 saturated heterocycles. The Balaban J connectivity index is 2.75. The molecule has 4 heteroatoms. The summed E-state index contributed by atoms with van der Waals surface area (Å²) in [5.74, 6) is 0.943. The van der Waals surface area contributed by atoms with Crippen molar-refractivity contribution in [1.82, 2.24) is 14.5 Å². The largest absolute Gasteiger partial charge is 0.324 e. The zero-order valence-corrected chi connectivity index (χ0v) is 10.9. The van der Waals surface area contributed by atoms with Gasteiger partial charge in [0.1, 0.15) is 11.3 Å². The van der Waals surface area contributed by atoms with Crippen LogP contribution in [0.4, 0.5) is 0 Å². The van der Waals surface area contributed by atoms with Gasteiger partial charge in [-0.2, -0.15) is 0 Å². The smallest absolute Gasteiger partial charge is 0.130 e. The second kappa shape index (κ2) is 4.11. The minimum absolute atomic E-state index is 0.340. The molecule has 0 saturated carbocycles. The molecule has 4 nitrogen and oxygen atoms in total. The van der Waals surface area contributed by atoms with Crippen molar-refractivity contribution in [3.05, 3.63) is 24.3 Å². The lowest BCUT2D eigenvalue weighted by molar-refractivity contribution is 0.409. The van der Waals surface area contributed by atoms with Crippen LogP contribution in [0.25, 0.3) is 11.0 Å². The van der Waals surface area contributed by atoms with Crippen LogP contribution in [0.3, 0.4) is 0 Å². The fourth-order valence-electron chi connectivity index (χ4n) is 2.03. The van der Waals surface area contributed by atoms with Crippen molar-refractivity contribution in [3.8, 4) is 0 Å². The predicted molar refractivity (Wildman–Crippen MR) is 69.7 cm³/mol. The summed E-state index contributed by atoms with van der Waals surface area (Å²) in [5, 5.41) is 0. The number of hydrogen-bond acceptors (Lipinski definition) is 3. The van der Waals surface area contributed by atoms with E-state index >= 15 is 0 Å². The van der Waals surface area contributed by atoms with Gasteiger partial charge < -0.3 is 10.3 Å². The van der Waals surface area contributed by atoms with Crippen molar-refractivity contribution in [2.45, 2.75) is 45.7 Å². The van der Waals surface area contributed by atoms with Gasteiger partial charge in [-0.25, -0.2) is 4.98 Å². The summed E-state index contributed by atoms with van der Waals surface area (Å²) in [6.45, 7) is 8.41. The Bertz CT molecular complexity index is 525. The first-order valence-corrected chi connectivity index (χ1v) is 6.08. The van der Waals surface area contributed by atoms with Gasteiger partial charge in [0, 0.05) is 12.2 Å². The summed E-state index contributed by atoms with van der Waals surface area (Å²) in [4.78, 5) is 8.77. The first-order chi connectivity index (χ1) is 7.97. The molecular formula is C13H20N4. The number of hydrogen-bond donors (Lipinski definition) is 1. The Morgan fingerprint density at radius 1 is 1.47 bits per heavy atom. The molecule has 2 rings (SSSR count). The monoisotopic (exact) mass is 232 g/mol. The standard InChI is InChI=1S/C13H20N4/c1-5-13(4,14)12-16-10-8-15-7-6-11(10)17(12)9(2)3/h6-9H,5,14H2,1-4H3. The number of fused-ring (bicyclic) bond motifs is 1. The lowest BCUT2D eigenvalue weighted by Gasteiger charge is -2.25. The normalized spacial score (nSPS) is 15.4. The minimum Gasteiger partial charge on any atom is -0.324 e. The maximum atomic E-state index is 6.34. The summed E-state index contributed by atoms with van der Waals surface area (Å²) in [6.07, 6.45) is 4.45. The van der Waals surface area contributed by atoms with Crippen molar-refractivity contribution in [2.75, 3.05) is 0 Å². The van der Waals surface area contributed by atoms with E-state index in [1.807, 2.05) is 13.0 Å². The molecule has 17 heavy (non-hydrogen) atoms. The molecule has 1 atom stereocenters. The highest BCUT2D eigenvalue weighted by Gasteiger charge is 2.27. The molecule has 0 bridgehead atoms. The highest BCUT2D eigenvalue weighted by atomic mass is 15.1. The highest BCUT2D eigenvalue weighted by Crippen LogP contribution is 2.28. The van der Waals surface area contributed by atoms with Crippen LogP contribution in [0.2, 0.25) is 0 Å². The van der Waals surface area contributed by atoms with Gasteiger partial charge in [-0.3, -0.25) is 4.98 Å². The number of rotatable bonds is 3. The Morgan fingerprint density at radius 3 is 2.76 bits per heavy atom. The third kappa shape index (κ3) is 1.93. The van der Waals surface area contributed by atoms with E-state index in [2.05, 4.69) is 35.3 Å². The molecule has 0 aliphatic rings. The van der Waals surface area contributed by atoms with Crippen LogP contribution in [-0.4, -0.2) is 14.5 Å². The molecule has 0 radical (unpaired) electrons. The number of pyridine rings is 1. The fraction of sp³-hybridized carbons (Fsp3) is 0.538. The summed E-state index contributed by atoms with van der Waals surface area (Å²) in [6, 6.07) is 2.34. The zero-order chi connectivity index (χ0) is 12.6. The Labute approximate surface area is 102 Å². The average Bonchev–Trinajstić information content (AvgIpc) is 2.68. The van der Waals surface area contributed by atoms with E-state index in [1.165, 1.54) is 0 Å². The molecule has 2 aromatic heterocycles. The van der Waals surface area contributed by atoms with Crippen LogP contribution in [-0.2, 0) is 5.54 Å². The van der Waals surface area contributed by atoms with E-state index in [0.29, 0.717) is 6.04 Å². The molecule has 92 valence electrons. The van der Waals surface area contributed by atoms with E-state index in [0.717, 1.165) is 23.3 Å². The number of imidazole rings is 1. The molecule has 0 aliphatic heterocycles. The molecule has 0 fully saturated rings. The van der Waals surface area contributed by atoms with Crippen molar-refractivity contribution in [1.29, 1.82) is 0 Å². The molecule has 0 amide bonds. The van der Waals surface area contributed by atoms with Crippen LogP contribution in [0.1, 0.15) is 46.0 Å². The molecule has 0 aromatic carbocycles. The van der Waals surface area contributed by atoms with E-state index in [1.54, 1.807) is 12.4 Å². The third-order valence-electron chi connectivity index (χ3n) is 3.25. The van der Waals surface area contributed by atoms with E-state index in [-0.39, 0.29) is 0 Å². The maximum absolute atomic E-state index is 6.34. The van der Waals surface area contributed by atoms with Gasteiger partial charge in [0.05, 0.1) is 17.3 Å². The molecule has 0 aliphatic carbocycles. The van der Waals surface area contributed by atoms with E-state index < -0.39 is 5.54 Å². The van der Waals surface area contributed by atoms with Crippen molar-refractivity contribution < 1.29 is 0 Å². The quantitative estimate of drug-likeness (QED) is 0.885. The zero-order valence-electron chi connectivity index (χ0n) is 10.9. The second-order valence-electron chi connectivity index (χ2n) is 5.03. The van der Waals surface area contributed by atoms with Gasteiger partial charge in [-0.15, -0.1) is 0 Å². The number of aromatic nitrogens is 3. The van der Waals surface area contributed by atoms with Crippen LogP contribution in [0, 0.1) is 0 Å². The lowest BCUT2D eigenvalue weighted by Crippen LogP contribution is -2.35. The summed E-state index contributed by atoms with van der Waals surface area (Å²) >= 11 is 0. The molecule has 2 N–H and O–H groups in total. The van der Waals surface area contributed by atoms with E-state index in [4.69, 9.17) is 5.73 Å². The fourth-order valence-corrected chi connectivity index (χ4v) is 2.03. The third-order valence-corrected chi connectivity index (χ3v) is 3.25. The first kappa shape index (κ1) is 12.0. The van der Waals surface area contributed by atoms with Crippen molar-refractivity contribution in [2.24, 2.45) is 5.73 Å². The summed E-state index contributed by atoms with van der Waals surface area (Å²) < 4.78 is 2.21. The van der Waals surface area contributed by atoms with Gasteiger partial charge in [-0.1, -0.05) is 6.92 Å². The Morgan fingerprint density at radius 2 is 2.18 bits per heavy atom. The van der Waals surface area contributed by atoms with Gasteiger partial charge in [-0.05, 0) is 33.3 Å². The SMILES string of the molecule is CCC(C)(N)c1nc2cnccc2n1C(C)C. The van der Waals surface area contributed by atoms with Crippen molar-refractivity contribution >= 4 is 11.0 Å². The highest BCUT2D eigenvalue weighted by molar-refractivity contribution is 5.75. The summed E-state index contributed by atoms with van der Waals surface area (Å²) in [7, 11) is 0. The van der Waals surface area contributed by atoms with Gasteiger partial charge >= 0.3 is 0 Å². The first-order valence-electron chi connectivity index (χ1n) is 6.08. The summed E-state index contributed by atoms with van der Waals surface area (Å²) in [5.41, 5.74) is 7.96. The molecule has 2 aromatic rings. The molecule has 0 spiro atoms. The van der Waals surface area contributed by atoms with Gasteiger partial charge in [0.15, 0.2) is 0 Å². The molecule has 1 unspecified atom stereocenters. The predicted octanol–water partition coefficient (Wildman–Crippen LogP) is 2.60. The van der Waals surface area contributed by atoms with Crippen LogP contribution < -0.4 is 5.73 Å². The van der Waals surface area contributed by atoms with Crippen LogP contribution in [0.15, 0.2) is 18.5 Å². The number of nitrogens with zero attached hydrogens (tertiary/aromatic N) is 3.